The van der Waals surface area contributed by atoms with Crippen LogP contribution in [0.5, 0.6) is 0 Å². The van der Waals surface area contributed by atoms with Crippen molar-refractivity contribution in [3.05, 3.63) is 12.3 Å². The van der Waals surface area contributed by atoms with Gasteiger partial charge in [-0.2, -0.15) is 12.7 Å². The number of hydrogen-bond donors (Lipinski definition) is 0. The van der Waals surface area contributed by atoms with Gasteiger partial charge in [-0.1, -0.05) is 6.58 Å². The summed E-state index contributed by atoms with van der Waals surface area (Å²) in [6, 6.07) is -0.120. The van der Waals surface area contributed by atoms with Gasteiger partial charge < -0.3 is 0 Å². The maximum atomic E-state index is 11.3. The van der Waals surface area contributed by atoms with Crippen LogP contribution in [0.2, 0.25) is 0 Å². The van der Waals surface area contributed by atoms with Crippen molar-refractivity contribution in [3.63, 3.8) is 0 Å². The fourth-order valence-corrected chi connectivity index (χ4v) is 2.37. The van der Waals surface area contributed by atoms with E-state index in [4.69, 9.17) is 0 Å². The highest BCUT2D eigenvalue weighted by Gasteiger charge is 2.38. The molecule has 0 radical (unpaired) electrons. The van der Waals surface area contributed by atoms with Gasteiger partial charge in [0.1, 0.15) is 0 Å². The van der Waals surface area contributed by atoms with E-state index in [-0.39, 0.29) is 6.04 Å². The first-order valence-corrected chi connectivity index (χ1v) is 4.69. The SMILES string of the molecule is C=C1C(C)N(C)S(=O)(=O)N1C. The smallest absolute Gasteiger partial charge is 0.264 e. The summed E-state index contributed by atoms with van der Waals surface area (Å²) in [4.78, 5) is 0. The highest BCUT2D eigenvalue weighted by molar-refractivity contribution is 7.87. The van der Waals surface area contributed by atoms with Crippen LogP contribution in [-0.4, -0.2) is 37.2 Å². The quantitative estimate of drug-likeness (QED) is 0.521. The molecule has 1 aliphatic heterocycles. The minimum absolute atomic E-state index is 0.120. The van der Waals surface area contributed by atoms with Crippen LogP contribution in [0, 0.1) is 0 Å². The molecule has 0 N–H and O–H groups in total. The first-order chi connectivity index (χ1) is 4.89. The molecule has 1 heterocycles. The van der Waals surface area contributed by atoms with Crippen molar-refractivity contribution >= 4 is 10.2 Å². The van der Waals surface area contributed by atoms with E-state index in [1.807, 2.05) is 6.92 Å². The van der Waals surface area contributed by atoms with Gasteiger partial charge in [0.05, 0.1) is 6.04 Å². The lowest BCUT2D eigenvalue weighted by atomic mass is 10.3. The lowest BCUT2D eigenvalue weighted by molar-refractivity contribution is 0.453. The fourth-order valence-electron chi connectivity index (χ4n) is 1.01. The average Bonchev–Trinajstić information content (AvgIpc) is 2.06. The molecule has 0 amide bonds. The van der Waals surface area contributed by atoms with Crippen LogP contribution in [0.15, 0.2) is 12.3 Å². The standard InChI is InChI=1S/C6H12N2O2S/c1-5-6(2)8(4)11(9,10)7(5)3/h6H,1H2,2-4H3. The van der Waals surface area contributed by atoms with Gasteiger partial charge in [-0.25, -0.2) is 0 Å². The van der Waals surface area contributed by atoms with Gasteiger partial charge in [0, 0.05) is 19.8 Å². The molecule has 0 aliphatic carbocycles. The average molecular weight is 176 g/mol. The van der Waals surface area contributed by atoms with E-state index in [1.54, 1.807) is 7.05 Å². The maximum Gasteiger partial charge on any atom is 0.303 e. The van der Waals surface area contributed by atoms with E-state index in [0.717, 1.165) is 0 Å². The molecular weight excluding hydrogens is 164 g/mol. The van der Waals surface area contributed by atoms with Gasteiger partial charge in [-0.15, -0.1) is 0 Å². The van der Waals surface area contributed by atoms with Crippen LogP contribution in [0.25, 0.3) is 0 Å². The summed E-state index contributed by atoms with van der Waals surface area (Å²) in [5, 5.41) is 0. The Balaban J connectivity index is 3.17. The van der Waals surface area contributed by atoms with Gasteiger partial charge in [0.2, 0.25) is 0 Å². The van der Waals surface area contributed by atoms with E-state index < -0.39 is 10.2 Å². The van der Waals surface area contributed by atoms with Crippen molar-refractivity contribution in [1.29, 1.82) is 0 Å². The third kappa shape index (κ3) is 0.954. The van der Waals surface area contributed by atoms with Crippen molar-refractivity contribution < 1.29 is 8.42 Å². The van der Waals surface area contributed by atoms with Gasteiger partial charge in [-0.3, -0.25) is 4.31 Å². The fraction of sp³-hybridized carbons (Fsp3) is 0.667. The Hall–Kier alpha value is -0.550. The second-order valence-corrected chi connectivity index (χ2v) is 4.68. The minimum Gasteiger partial charge on any atom is -0.264 e. The summed E-state index contributed by atoms with van der Waals surface area (Å²) >= 11 is 0. The summed E-state index contributed by atoms with van der Waals surface area (Å²) in [6.45, 7) is 5.48. The van der Waals surface area contributed by atoms with Crippen molar-refractivity contribution in [2.75, 3.05) is 14.1 Å². The van der Waals surface area contributed by atoms with Crippen LogP contribution < -0.4 is 0 Å². The van der Waals surface area contributed by atoms with Crippen LogP contribution in [0.1, 0.15) is 6.92 Å². The second-order valence-electron chi connectivity index (χ2n) is 2.66. The molecule has 1 rings (SSSR count). The molecular formula is C6H12N2O2S. The van der Waals surface area contributed by atoms with Gasteiger partial charge in [-0.05, 0) is 6.92 Å². The molecule has 1 fully saturated rings. The predicted octanol–water partition coefficient (Wildman–Crippen LogP) is 0.0106. The molecule has 0 aromatic heterocycles. The van der Waals surface area contributed by atoms with Gasteiger partial charge in [0.15, 0.2) is 0 Å². The zero-order chi connectivity index (χ0) is 8.81. The zero-order valence-electron chi connectivity index (χ0n) is 6.90. The van der Waals surface area contributed by atoms with Crippen LogP contribution in [0.3, 0.4) is 0 Å². The van der Waals surface area contributed by atoms with E-state index in [1.165, 1.54) is 15.7 Å². The Morgan fingerprint density at radius 2 is 1.91 bits per heavy atom. The van der Waals surface area contributed by atoms with Crippen molar-refractivity contribution in [2.45, 2.75) is 13.0 Å². The van der Waals surface area contributed by atoms with Crippen LogP contribution >= 0.6 is 0 Å². The molecule has 0 bridgehead atoms. The highest BCUT2D eigenvalue weighted by Crippen LogP contribution is 2.26. The molecule has 11 heavy (non-hydrogen) atoms. The Morgan fingerprint density at radius 3 is 2.00 bits per heavy atom. The summed E-state index contributed by atoms with van der Waals surface area (Å²) in [5.74, 6) is 0. The molecule has 0 aromatic carbocycles. The zero-order valence-corrected chi connectivity index (χ0v) is 7.72. The van der Waals surface area contributed by atoms with E-state index >= 15 is 0 Å². The molecule has 0 saturated carbocycles. The van der Waals surface area contributed by atoms with Crippen molar-refractivity contribution in [3.8, 4) is 0 Å². The molecule has 1 unspecified atom stereocenters. The van der Waals surface area contributed by atoms with E-state index in [9.17, 15) is 8.42 Å². The number of hydrogen-bond acceptors (Lipinski definition) is 2. The van der Waals surface area contributed by atoms with Crippen molar-refractivity contribution in [2.24, 2.45) is 0 Å². The summed E-state index contributed by atoms with van der Waals surface area (Å²) in [5.41, 5.74) is 0.618. The Labute approximate surface area is 67.3 Å². The monoisotopic (exact) mass is 176 g/mol. The first kappa shape index (κ1) is 8.55. The lowest BCUT2D eigenvalue weighted by Crippen LogP contribution is -2.29. The van der Waals surface area contributed by atoms with E-state index in [2.05, 4.69) is 6.58 Å². The highest BCUT2D eigenvalue weighted by atomic mass is 32.2. The third-order valence-electron chi connectivity index (χ3n) is 2.14. The maximum absolute atomic E-state index is 11.3. The first-order valence-electron chi connectivity index (χ1n) is 3.29. The van der Waals surface area contributed by atoms with Gasteiger partial charge >= 0.3 is 10.2 Å². The number of nitrogens with zero attached hydrogens (tertiary/aromatic N) is 2. The minimum atomic E-state index is -3.23. The molecule has 0 aromatic rings. The molecule has 1 aliphatic rings. The summed E-state index contributed by atoms with van der Waals surface area (Å²) in [7, 11) is -0.173. The Morgan fingerprint density at radius 1 is 1.45 bits per heavy atom. The molecule has 4 nitrogen and oxygen atoms in total. The summed E-state index contributed by atoms with van der Waals surface area (Å²) < 4.78 is 25.1. The van der Waals surface area contributed by atoms with Crippen LogP contribution in [-0.2, 0) is 10.2 Å². The molecule has 0 spiro atoms. The number of rotatable bonds is 0. The number of likely N-dealkylation sites (N-methyl/N-ethyl adjacent to an activating group) is 2. The van der Waals surface area contributed by atoms with Crippen molar-refractivity contribution in [1.82, 2.24) is 8.61 Å². The molecule has 1 saturated heterocycles. The normalized spacial score (nSPS) is 31.4. The summed E-state index contributed by atoms with van der Waals surface area (Å²) in [6.07, 6.45) is 0. The largest absolute Gasteiger partial charge is 0.303 e. The molecule has 1 atom stereocenters. The Bertz CT molecular complexity index is 283. The van der Waals surface area contributed by atoms with Crippen LogP contribution in [0.4, 0.5) is 0 Å². The topological polar surface area (TPSA) is 40.6 Å². The lowest BCUT2D eigenvalue weighted by Gasteiger charge is -2.11. The molecule has 64 valence electrons. The predicted molar refractivity (Wildman–Crippen MR) is 43.0 cm³/mol. The molecule has 5 heteroatoms. The Kier molecular flexibility index (Phi) is 1.72. The second kappa shape index (κ2) is 2.22. The third-order valence-corrected chi connectivity index (χ3v) is 4.11. The van der Waals surface area contributed by atoms with Gasteiger partial charge in [0.25, 0.3) is 0 Å². The van der Waals surface area contributed by atoms with E-state index in [0.29, 0.717) is 5.70 Å².